The van der Waals surface area contributed by atoms with Crippen LogP contribution in [-0.4, -0.2) is 44.2 Å². The third-order valence-electron chi connectivity index (χ3n) is 2.27. The Morgan fingerprint density at radius 3 is 2.85 bits per heavy atom. The van der Waals surface area contributed by atoms with Crippen LogP contribution in [0.15, 0.2) is 0 Å². The van der Waals surface area contributed by atoms with Crippen molar-refractivity contribution in [2.75, 3.05) is 25.4 Å². The van der Waals surface area contributed by atoms with Crippen molar-refractivity contribution in [1.29, 1.82) is 0 Å². The molecule has 0 aromatic carbocycles. The SMILES string of the molecule is CCCN1C(C)CNCCS1(=O)=O. The fraction of sp³-hybridized carbons (Fsp3) is 1.00. The third kappa shape index (κ3) is 2.65. The summed E-state index contributed by atoms with van der Waals surface area (Å²) >= 11 is 0. The molecule has 0 radical (unpaired) electrons. The molecule has 1 aliphatic heterocycles. The predicted molar refractivity (Wildman–Crippen MR) is 53.1 cm³/mol. The Kier molecular flexibility index (Phi) is 3.70. The fourth-order valence-electron chi connectivity index (χ4n) is 1.59. The van der Waals surface area contributed by atoms with Crippen molar-refractivity contribution in [3.05, 3.63) is 0 Å². The normalized spacial score (nSPS) is 29.8. The number of sulfonamides is 1. The van der Waals surface area contributed by atoms with Crippen molar-refractivity contribution < 1.29 is 8.42 Å². The quantitative estimate of drug-likeness (QED) is 0.693. The van der Waals surface area contributed by atoms with Crippen LogP contribution in [-0.2, 0) is 10.0 Å². The predicted octanol–water partition coefficient (Wildman–Crippen LogP) is 0.0199. The van der Waals surface area contributed by atoms with Crippen LogP contribution in [0.3, 0.4) is 0 Å². The molecule has 0 spiro atoms. The molecule has 0 aliphatic carbocycles. The maximum absolute atomic E-state index is 11.7. The van der Waals surface area contributed by atoms with Crippen LogP contribution in [0.4, 0.5) is 0 Å². The van der Waals surface area contributed by atoms with Crippen LogP contribution in [0.5, 0.6) is 0 Å². The Balaban J connectivity index is 2.80. The highest BCUT2D eigenvalue weighted by molar-refractivity contribution is 7.89. The lowest BCUT2D eigenvalue weighted by atomic mass is 10.3. The van der Waals surface area contributed by atoms with Crippen LogP contribution < -0.4 is 5.32 Å². The molecule has 1 heterocycles. The molecular weight excluding hydrogens is 188 g/mol. The molecule has 1 aliphatic rings. The van der Waals surface area contributed by atoms with Gasteiger partial charge in [-0.15, -0.1) is 0 Å². The number of nitrogens with one attached hydrogen (secondary N) is 1. The molecule has 0 aromatic heterocycles. The van der Waals surface area contributed by atoms with Gasteiger partial charge in [0.2, 0.25) is 10.0 Å². The number of hydrogen-bond donors (Lipinski definition) is 1. The van der Waals surface area contributed by atoms with E-state index in [2.05, 4.69) is 5.32 Å². The zero-order valence-corrected chi connectivity index (χ0v) is 9.10. The van der Waals surface area contributed by atoms with Crippen molar-refractivity contribution in [3.63, 3.8) is 0 Å². The minimum absolute atomic E-state index is 0.0902. The maximum Gasteiger partial charge on any atom is 0.215 e. The van der Waals surface area contributed by atoms with Crippen molar-refractivity contribution in [1.82, 2.24) is 9.62 Å². The summed E-state index contributed by atoms with van der Waals surface area (Å²) in [5.74, 6) is 0.233. The summed E-state index contributed by atoms with van der Waals surface area (Å²) in [5, 5.41) is 3.12. The summed E-state index contributed by atoms with van der Waals surface area (Å²) in [6, 6.07) is 0.0902. The Morgan fingerprint density at radius 1 is 1.54 bits per heavy atom. The van der Waals surface area contributed by atoms with Gasteiger partial charge in [-0.3, -0.25) is 0 Å². The molecule has 1 N–H and O–H groups in total. The average Bonchev–Trinajstić information content (AvgIpc) is 2.17. The Morgan fingerprint density at radius 2 is 2.23 bits per heavy atom. The first kappa shape index (κ1) is 10.9. The second-order valence-corrected chi connectivity index (χ2v) is 5.52. The van der Waals surface area contributed by atoms with E-state index in [0.29, 0.717) is 13.1 Å². The molecule has 78 valence electrons. The van der Waals surface area contributed by atoms with E-state index in [1.54, 1.807) is 4.31 Å². The lowest BCUT2D eigenvalue weighted by Crippen LogP contribution is -2.41. The van der Waals surface area contributed by atoms with Gasteiger partial charge in [0.15, 0.2) is 0 Å². The monoisotopic (exact) mass is 206 g/mol. The molecule has 0 aromatic rings. The zero-order valence-electron chi connectivity index (χ0n) is 8.28. The second kappa shape index (κ2) is 4.39. The first-order valence-electron chi connectivity index (χ1n) is 4.78. The van der Waals surface area contributed by atoms with Gasteiger partial charge in [-0.05, 0) is 13.3 Å². The summed E-state index contributed by atoms with van der Waals surface area (Å²) in [7, 11) is -3.00. The van der Waals surface area contributed by atoms with Crippen LogP contribution in [0, 0.1) is 0 Å². The van der Waals surface area contributed by atoms with Gasteiger partial charge in [0.25, 0.3) is 0 Å². The minimum atomic E-state index is -3.00. The summed E-state index contributed by atoms with van der Waals surface area (Å²) in [4.78, 5) is 0. The van der Waals surface area contributed by atoms with E-state index in [-0.39, 0.29) is 11.8 Å². The smallest absolute Gasteiger partial charge is 0.215 e. The molecule has 4 nitrogen and oxygen atoms in total. The molecule has 13 heavy (non-hydrogen) atoms. The fourth-order valence-corrected chi connectivity index (χ4v) is 3.31. The summed E-state index contributed by atoms with van der Waals surface area (Å²) in [5.41, 5.74) is 0. The van der Waals surface area contributed by atoms with Gasteiger partial charge in [0.05, 0.1) is 5.75 Å². The molecule has 1 atom stereocenters. The number of rotatable bonds is 2. The van der Waals surface area contributed by atoms with E-state index in [9.17, 15) is 8.42 Å². The van der Waals surface area contributed by atoms with Crippen molar-refractivity contribution in [2.24, 2.45) is 0 Å². The first-order chi connectivity index (χ1) is 6.08. The first-order valence-corrected chi connectivity index (χ1v) is 6.39. The number of hydrogen-bond acceptors (Lipinski definition) is 3. The molecule has 5 heteroatoms. The standard InChI is InChI=1S/C8H18N2O2S/c1-3-5-10-8(2)7-9-4-6-13(10,11)12/h8-9H,3-7H2,1-2H3. The van der Waals surface area contributed by atoms with E-state index in [0.717, 1.165) is 13.0 Å². The molecular formula is C8H18N2O2S. The largest absolute Gasteiger partial charge is 0.314 e. The van der Waals surface area contributed by atoms with Gasteiger partial charge in [-0.25, -0.2) is 8.42 Å². The second-order valence-electron chi connectivity index (χ2n) is 3.48. The molecule has 1 saturated heterocycles. The topological polar surface area (TPSA) is 49.4 Å². The molecule has 0 saturated carbocycles. The van der Waals surface area contributed by atoms with Gasteiger partial charge in [-0.1, -0.05) is 6.92 Å². The molecule has 0 bridgehead atoms. The lowest BCUT2D eigenvalue weighted by molar-refractivity contribution is 0.338. The van der Waals surface area contributed by atoms with E-state index in [1.807, 2.05) is 13.8 Å². The van der Waals surface area contributed by atoms with Gasteiger partial charge >= 0.3 is 0 Å². The van der Waals surface area contributed by atoms with Crippen LogP contribution in [0.1, 0.15) is 20.3 Å². The van der Waals surface area contributed by atoms with Gasteiger partial charge in [0.1, 0.15) is 0 Å². The van der Waals surface area contributed by atoms with Crippen LogP contribution in [0.2, 0.25) is 0 Å². The third-order valence-corrected chi connectivity index (χ3v) is 4.25. The van der Waals surface area contributed by atoms with Crippen LogP contribution in [0.25, 0.3) is 0 Å². The van der Waals surface area contributed by atoms with Gasteiger partial charge in [0, 0.05) is 25.7 Å². The maximum atomic E-state index is 11.7. The van der Waals surface area contributed by atoms with Crippen molar-refractivity contribution in [3.8, 4) is 0 Å². The highest BCUT2D eigenvalue weighted by Gasteiger charge is 2.28. The molecule has 1 rings (SSSR count). The number of nitrogens with zero attached hydrogens (tertiary/aromatic N) is 1. The van der Waals surface area contributed by atoms with E-state index < -0.39 is 10.0 Å². The summed E-state index contributed by atoms with van der Waals surface area (Å²) < 4.78 is 25.0. The molecule has 0 amide bonds. The summed E-state index contributed by atoms with van der Waals surface area (Å²) in [6.45, 7) is 5.93. The van der Waals surface area contributed by atoms with Crippen molar-refractivity contribution in [2.45, 2.75) is 26.3 Å². The Labute approximate surface area is 80.4 Å². The average molecular weight is 206 g/mol. The molecule has 1 fully saturated rings. The van der Waals surface area contributed by atoms with Crippen LogP contribution >= 0.6 is 0 Å². The van der Waals surface area contributed by atoms with E-state index in [4.69, 9.17) is 0 Å². The highest BCUT2D eigenvalue weighted by atomic mass is 32.2. The van der Waals surface area contributed by atoms with Gasteiger partial charge < -0.3 is 5.32 Å². The summed E-state index contributed by atoms with van der Waals surface area (Å²) in [6.07, 6.45) is 0.879. The highest BCUT2D eigenvalue weighted by Crippen LogP contribution is 2.10. The lowest BCUT2D eigenvalue weighted by Gasteiger charge is -2.24. The Hall–Kier alpha value is -0.130. The van der Waals surface area contributed by atoms with Gasteiger partial charge in [-0.2, -0.15) is 4.31 Å². The Bertz CT molecular complexity index is 251. The minimum Gasteiger partial charge on any atom is -0.314 e. The van der Waals surface area contributed by atoms with Crippen molar-refractivity contribution >= 4 is 10.0 Å². The molecule has 1 unspecified atom stereocenters. The zero-order chi connectivity index (χ0) is 9.90. The van der Waals surface area contributed by atoms with E-state index in [1.165, 1.54) is 0 Å². The van der Waals surface area contributed by atoms with E-state index >= 15 is 0 Å².